The maximum Gasteiger partial charge on any atom is 0.274 e. The number of amides is 1. The van der Waals surface area contributed by atoms with Crippen molar-refractivity contribution in [1.29, 1.82) is 0 Å². The number of ether oxygens (including phenoxy) is 1. The number of pyridine rings is 1. The van der Waals surface area contributed by atoms with Gasteiger partial charge in [0, 0.05) is 36.7 Å². The highest BCUT2D eigenvalue weighted by Crippen LogP contribution is 2.20. The van der Waals surface area contributed by atoms with E-state index in [-0.39, 0.29) is 28.5 Å². The largest absolute Gasteiger partial charge is 0.378 e. The summed E-state index contributed by atoms with van der Waals surface area (Å²) in [4.78, 5) is 18.9. The zero-order valence-electron chi connectivity index (χ0n) is 17.2. The van der Waals surface area contributed by atoms with Gasteiger partial charge in [0.1, 0.15) is 5.69 Å². The Balaban J connectivity index is 1.41. The zero-order valence-corrected chi connectivity index (χ0v) is 18.9. The summed E-state index contributed by atoms with van der Waals surface area (Å²) in [5.74, 6) is -0.631. The number of anilines is 2. The molecule has 0 spiro atoms. The molecule has 1 atom stereocenters. The monoisotopic (exact) mass is 480 g/mol. The van der Waals surface area contributed by atoms with Crippen LogP contribution in [-0.4, -0.2) is 71.6 Å². The fourth-order valence-electron chi connectivity index (χ4n) is 3.65. The molecule has 2 aromatic rings. The number of carbonyl (C=O) groups is 1. The Morgan fingerprint density at radius 2 is 1.84 bits per heavy atom. The van der Waals surface area contributed by atoms with Crippen LogP contribution in [0.5, 0.6) is 0 Å². The summed E-state index contributed by atoms with van der Waals surface area (Å²) in [5, 5.41) is 2.71. The summed E-state index contributed by atoms with van der Waals surface area (Å²) in [6.07, 6.45) is 1.83. The topological polar surface area (TPSA) is 135 Å². The van der Waals surface area contributed by atoms with Crippen molar-refractivity contribution in [3.05, 3.63) is 48.3 Å². The van der Waals surface area contributed by atoms with E-state index in [4.69, 9.17) is 4.74 Å². The van der Waals surface area contributed by atoms with E-state index in [0.717, 1.165) is 18.8 Å². The van der Waals surface area contributed by atoms with E-state index >= 15 is 0 Å². The molecule has 2 fully saturated rings. The van der Waals surface area contributed by atoms with E-state index < -0.39 is 31.8 Å². The van der Waals surface area contributed by atoms with Crippen molar-refractivity contribution < 1.29 is 26.4 Å². The average Bonchev–Trinajstić information content (AvgIpc) is 3.12. The van der Waals surface area contributed by atoms with Gasteiger partial charge in [-0.15, -0.1) is 0 Å². The van der Waals surface area contributed by atoms with E-state index in [2.05, 4.69) is 19.9 Å². The predicted octanol–water partition coefficient (Wildman–Crippen LogP) is 0.636. The molecule has 2 saturated heterocycles. The van der Waals surface area contributed by atoms with Gasteiger partial charge in [-0.3, -0.25) is 9.78 Å². The standard InChI is InChI=1S/C20H24N4O6S2/c25-20(19-13-17(5-7-21-19)24-8-10-30-11-9-24)22-15-1-3-18(4-2-15)32(28,29)23-16-6-12-31(26,27)14-16/h1-5,7,13,16,23H,6,8-12,14H2,(H,22,25)/t16-/m0/s1. The van der Waals surface area contributed by atoms with Crippen molar-refractivity contribution >= 4 is 37.1 Å². The summed E-state index contributed by atoms with van der Waals surface area (Å²) in [6.45, 7) is 2.73. The van der Waals surface area contributed by atoms with Crippen LogP contribution in [-0.2, 0) is 24.6 Å². The van der Waals surface area contributed by atoms with Gasteiger partial charge in [-0.1, -0.05) is 0 Å². The molecular weight excluding hydrogens is 456 g/mol. The zero-order chi connectivity index (χ0) is 22.8. The Bertz CT molecular complexity index is 1190. The summed E-state index contributed by atoms with van der Waals surface area (Å²) in [7, 11) is -7.06. The molecule has 0 saturated carbocycles. The quantitative estimate of drug-likeness (QED) is 0.615. The third-order valence-electron chi connectivity index (χ3n) is 5.33. The average molecular weight is 481 g/mol. The van der Waals surface area contributed by atoms with Crippen LogP contribution >= 0.6 is 0 Å². The van der Waals surface area contributed by atoms with Crippen molar-refractivity contribution in [3.8, 4) is 0 Å². The van der Waals surface area contributed by atoms with Crippen molar-refractivity contribution in [2.75, 3.05) is 48.0 Å². The molecule has 1 amide bonds. The fraction of sp³-hybridized carbons (Fsp3) is 0.400. The number of aromatic nitrogens is 1. The first-order chi connectivity index (χ1) is 15.2. The van der Waals surface area contributed by atoms with Gasteiger partial charge in [-0.2, -0.15) is 0 Å². The van der Waals surface area contributed by atoms with E-state index in [1.807, 2.05) is 6.07 Å². The number of hydrogen-bond acceptors (Lipinski definition) is 8. The number of benzene rings is 1. The molecule has 172 valence electrons. The third kappa shape index (κ3) is 5.44. The highest BCUT2D eigenvalue weighted by Gasteiger charge is 2.31. The minimum atomic E-state index is -3.86. The molecule has 10 nitrogen and oxygen atoms in total. The van der Waals surface area contributed by atoms with Gasteiger partial charge in [0.05, 0.1) is 29.6 Å². The molecular formula is C20H24N4O6S2. The summed E-state index contributed by atoms with van der Waals surface area (Å²) in [6, 6.07) is 8.59. The van der Waals surface area contributed by atoms with E-state index in [9.17, 15) is 21.6 Å². The van der Waals surface area contributed by atoms with Crippen LogP contribution in [0.3, 0.4) is 0 Å². The maximum absolute atomic E-state index is 12.6. The summed E-state index contributed by atoms with van der Waals surface area (Å²) in [5.41, 5.74) is 1.54. The summed E-state index contributed by atoms with van der Waals surface area (Å²) >= 11 is 0. The normalized spacial score (nSPS) is 20.8. The van der Waals surface area contributed by atoms with Crippen LogP contribution in [0.15, 0.2) is 47.5 Å². The van der Waals surface area contributed by atoms with Gasteiger partial charge >= 0.3 is 0 Å². The number of nitrogens with zero attached hydrogens (tertiary/aromatic N) is 2. The van der Waals surface area contributed by atoms with Gasteiger partial charge in [0.25, 0.3) is 5.91 Å². The number of rotatable bonds is 6. The Labute approximate surface area is 187 Å². The van der Waals surface area contributed by atoms with Crippen molar-refractivity contribution in [2.24, 2.45) is 0 Å². The molecule has 1 aromatic heterocycles. The SMILES string of the molecule is O=C(Nc1ccc(S(=O)(=O)N[C@H]2CCS(=O)(=O)C2)cc1)c1cc(N2CCOCC2)ccn1. The number of sulfone groups is 1. The van der Waals surface area contributed by atoms with Gasteiger partial charge in [-0.25, -0.2) is 21.6 Å². The molecule has 2 N–H and O–H groups in total. The first-order valence-corrected chi connectivity index (χ1v) is 13.5. The maximum atomic E-state index is 12.6. The van der Waals surface area contributed by atoms with Crippen LogP contribution in [0.4, 0.5) is 11.4 Å². The molecule has 0 radical (unpaired) electrons. The van der Waals surface area contributed by atoms with Crippen molar-refractivity contribution in [1.82, 2.24) is 9.71 Å². The van der Waals surface area contributed by atoms with Gasteiger partial charge in [0.2, 0.25) is 10.0 Å². The van der Waals surface area contributed by atoms with E-state index in [0.29, 0.717) is 18.9 Å². The lowest BCUT2D eigenvalue weighted by molar-refractivity contribution is 0.102. The van der Waals surface area contributed by atoms with Crippen molar-refractivity contribution in [2.45, 2.75) is 17.4 Å². The van der Waals surface area contributed by atoms with Gasteiger partial charge in [-0.05, 0) is 42.8 Å². The first kappa shape index (κ1) is 22.6. The molecule has 32 heavy (non-hydrogen) atoms. The fourth-order valence-corrected chi connectivity index (χ4v) is 6.70. The highest BCUT2D eigenvalue weighted by molar-refractivity contribution is 7.92. The smallest absolute Gasteiger partial charge is 0.274 e. The van der Waals surface area contributed by atoms with Gasteiger partial charge < -0.3 is 15.0 Å². The minimum Gasteiger partial charge on any atom is -0.378 e. The predicted molar refractivity (Wildman–Crippen MR) is 119 cm³/mol. The van der Waals surface area contributed by atoms with Crippen LogP contribution in [0.25, 0.3) is 0 Å². The van der Waals surface area contributed by atoms with E-state index in [1.165, 1.54) is 24.3 Å². The lowest BCUT2D eigenvalue weighted by atomic mass is 10.2. The molecule has 0 bridgehead atoms. The number of morpholine rings is 1. The lowest BCUT2D eigenvalue weighted by Gasteiger charge is -2.28. The minimum absolute atomic E-state index is 0.00719. The van der Waals surface area contributed by atoms with Crippen LogP contribution < -0.4 is 14.9 Å². The molecule has 12 heteroatoms. The molecule has 4 rings (SSSR count). The highest BCUT2D eigenvalue weighted by atomic mass is 32.2. The first-order valence-electron chi connectivity index (χ1n) is 10.1. The number of nitrogens with one attached hydrogen (secondary N) is 2. The summed E-state index contributed by atoms with van der Waals surface area (Å²) < 4.78 is 55.9. The Morgan fingerprint density at radius 3 is 2.50 bits per heavy atom. The van der Waals surface area contributed by atoms with Crippen LogP contribution in [0.2, 0.25) is 0 Å². The number of sulfonamides is 1. The molecule has 3 heterocycles. The van der Waals surface area contributed by atoms with Crippen LogP contribution in [0.1, 0.15) is 16.9 Å². The van der Waals surface area contributed by atoms with Crippen LogP contribution in [0, 0.1) is 0 Å². The third-order valence-corrected chi connectivity index (χ3v) is 8.63. The molecule has 1 aromatic carbocycles. The van der Waals surface area contributed by atoms with E-state index in [1.54, 1.807) is 12.3 Å². The Kier molecular flexibility index (Phi) is 6.47. The number of hydrogen-bond donors (Lipinski definition) is 2. The second kappa shape index (κ2) is 9.14. The Morgan fingerprint density at radius 1 is 1.12 bits per heavy atom. The lowest BCUT2D eigenvalue weighted by Crippen LogP contribution is -2.36. The van der Waals surface area contributed by atoms with Crippen molar-refractivity contribution in [3.63, 3.8) is 0 Å². The number of carbonyl (C=O) groups excluding carboxylic acids is 1. The molecule has 0 unspecified atom stereocenters. The second-order valence-corrected chi connectivity index (χ2v) is 11.6. The van der Waals surface area contributed by atoms with Gasteiger partial charge in [0.15, 0.2) is 9.84 Å². The Hall–Kier alpha value is -2.54. The molecule has 0 aliphatic carbocycles. The molecule has 2 aliphatic rings. The second-order valence-electron chi connectivity index (χ2n) is 7.70. The molecule has 2 aliphatic heterocycles.